The van der Waals surface area contributed by atoms with Gasteiger partial charge in [0.15, 0.2) is 17.5 Å². The summed E-state index contributed by atoms with van der Waals surface area (Å²) in [5, 5.41) is 6.75. The molecular weight excluding hydrogens is 435 g/mol. The Kier molecular flexibility index (Phi) is 9.01. The molecule has 2 rings (SSSR count). The number of nitrogens with zero attached hydrogens (tertiary/aromatic N) is 1. The molecule has 1 aromatic carbocycles. The van der Waals surface area contributed by atoms with Crippen LogP contribution in [0.3, 0.4) is 0 Å². The molecule has 0 aliphatic rings. The molecular formula is C20H22F3N3O4S. The van der Waals surface area contributed by atoms with E-state index >= 15 is 0 Å². The van der Waals surface area contributed by atoms with E-state index in [9.17, 15) is 27.6 Å². The van der Waals surface area contributed by atoms with Gasteiger partial charge in [-0.3, -0.25) is 14.5 Å². The zero-order valence-electron chi connectivity index (χ0n) is 17.0. The molecule has 1 heterocycles. The van der Waals surface area contributed by atoms with Gasteiger partial charge in [0, 0.05) is 0 Å². The van der Waals surface area contributed by atoms with Gasteiger partial charge in [-0.2, -0.15) is 0 Å². The van der Waals surface area contributed by atoms with Crippen LogP contribution < -0.4 is 10.6 Å². The molecule has 0 fully saturated rings. The van der Waals surface area contributed by atoms with Gasteiger partial charge in [0.2, 0.25) is 11.8 Å². The summed E-state index contributed by atoms with van der Waals surface area (Å²) < 4.78 is 45.0. The van der Waals surface area contributed by atoms with Crippen LogP contribution in [0.4, 0.5) is 23.9 Å². The molecule has 0 saturated carbocycles. The number of anilines is 2. The Hall–Kier alpha value is -2.92. The van der Waals surface area contributed by atoms with Crippen LogP contribution in [-0.2, 0) is 14.3 Å². The number of halogens is 3. The van der Waals surface area contributed by atoms with Crippen LogP contribution in [0.15, 0.2) is 23.6 Å². The molecule has 2 amide bonds. The normalized spacial score (nSPS) is 10.8. The summed E-state index contributed by atoms with van der Waals surface area (Å²) in [6, 6.07) is 3.15. The molecule has 0 aliphatic heterocycles. The number of ether oxygens (including phenoxy) is 1. The molecule has 2 aromatic rings. The van der Waals surface area contributed by atoms with Gasteiger partial charge in [-0.25, -0.2) is 18.0 Å². The first-order valence-electron chi connectivity index (χ1n) is 9.46. The standard InChI is InChI=1S/C20H22F3N3O4S/c1-3-8-26(10-15(27)24-14-6-5-13(21)17(22)18(14)23)11-16(28)25-19-12(7-9-31-19)20(29)30-4-2/h5-7,9H,3-4,8,10-11H2,1-2H3,(H,24,27)(H,25,28). The first-order chi connectivity index (χ1) is 14.8. The van der Waals surface area contributed by atoms with E-state index in [0.717, 1.165) is 17.4 Å². The van der Waals surface area contributed by atoms with Crippen LogP contribution >= 0.6 is 11.3 Å². The molecule has 2 N–H and O–H groups in total. The van der Waals surface area contributed by atoms with Crippen LogP contribution in [0.1, 0.15) is 30.6 Å². The number of rotatable bonds is 10. The molecule has 0 bridgehead atoms. The summed E-state index contributed by atoms with van der Waals surface area (Å²) in [4.78, 5) is 38.1. The van der Waals surface area contributed by atoms with Crippen LogP contribution in [-0.4, -0.2) is 48.9 Å². The summed E-state index contributed by atoms with van der Waals surface area (Å²) in [5.41, 5.74) is -0.267. The lowest BCUT2D eigenvalue weighted by molar-refractivity contribution is -0.120. The fourth-order valence-corrected chi connectivity index (χ4v) is 3.48. The van der Waals surface area contributed by atoms with E-state index in [-0.39, 0.29) is 25.3 Å². The van der Waals surface area contributed by atoms with E-state index in [2.05, 4.69) is 10.6 Å². The van der Waals surface area contributed by atoms with Crippen LogP contribution in [0, 0.1) is 17.5 Å². The van der Waals surface area contributed by atoms with Crippen molar-refractivity contribution < 1.29 is 32.3 Å². The van der Waals surface area contributed by atoms with Gasteiger partial charge in [-0.05, 0) is 43.5 Å². The number of carbonyl (C=O) groups excluding carboxylic acids is 3. The van der Waals surface area contributed by atoms with E-state index in [1.807, 2.05) is 6.92 Å². The molecule has 1 aromatic heterocycles. The average molecular weight is 457 g/mol. The lowest BCUT2D eigenvalue weighted by atomic mass is 10.2. The Bertz CT molecular complexity index is 952. The minimum Gasteiger partial charge on any atom is -0.462 e. The first kappa shape index (κ1) is 24.4. The van der Waals surface area contributed by atoms with E-state index in [1.165, 1.54) is 11.0 Å². The predicted molar refractivity (Wildman–Crippen MR) is 111 cm³/mol. The van der Waals surface area contributed by atoms with Crippen molar-refractivity contribution in [2.75, 3.05) is 36.9 Å². The topological polar surface area (TPSA) is 87.7 Å². The molecule has 0 saturated heterocycles. The Morgan fingerprint density at radius 1 is 1.00 bits per heavy atom. The van der Waals surface area contributed by atoms with E-state index in [4.69, 9.17) is 4.74 Å². The number of esters is 1. The zero-order chi connectivity index (χ0) is 23.0. The summed E-state index contributed by atoms with van der Waals surface area (Å²) in [6.45, 7) is 3.62. The van der Waals surface area contributed by atoms with Crippen molar-refractivity contribution in [1.29, 1.82) is 0 Å². The highest BCUT2D eigenvalue weighted by molar-refractivity contribution is 7.14. The van der Waals surface area contributed by atoms with Gasteiger partial charge in [0.25, 0.3) is 0 Å². The Morgan fingerprint density at radius 3 is 2.32 bits per heavy atom. The van der Waals surface area contributed by atoms with Crippen LogP contribution in [0.5, 0.6) is 0 Å². The highest BCUT2D eigenvalue weighted by atomic mass is 32.1. The molecule has 31 heavy (non-hydrogen) atoms. The summed E-state index contributed by atoms with van der Waals surface area (Å²) in [6.07, 6.45) is 0.618. The monoisotopic (exact) mass is 457 g/mol. The summed E-state index contributed by atoms with van der Waals surface area (Å²) in [5.74, 6) is -6.27. The first-order valence-corrected chi connectivity index (χ1v) is 10.3. The van der Waals surface area contributed by atoms with Crippen molar-refractivity contribution in [3.8, 4) is 0 Å². The smallest absolute Gasteiger partial charge is 0.341 e. The van der Waals surface area contributed by atoms with Crippen LogP contribution in [0.2, 0.25) is 0 Å². The largest absolute Gasteiger partial charge is 0.462 e. The second kappa shape index (κ2) is 11.5. The van der Waals surface area contributed by atoms with E-state index < -0.39 is 40.9 Å². The fraction of sp³-hybridized carbons (Fsp3) is 0.350. The van der Waals surface area contributed by atoms with Gasteiger partial charge in [0.1, 0.15) is 5.00 Å². The minimum absolute atomic E-state index is 0.179. The Morgan fingerprint density at radius 2 is 1.68 bits per heavy atom. The van der Waals surface area contributed by atoms with Gasteiger partial charge < -0.3 is 15.4 Å². The lowest BCUT2D eigenvalue weighted by Gasteiger charge is -2.20. The maximum atomic E-state index is 13.7. The second-order valence-electron chi connectivity index (χ2n) is 6.41. The molecule has 0 radical (unpaired) electrons. The third kappa shape index (κ3) is 6.79. The quantitative estimate of drug-likeness (QED) is 0.420. The number of hydrogen-bond donors (Lipinski definition) is 2. The number of amides is 2. The van der Waals surface area contributed by atoms with Crippen molar-refractivity contribution in [1.82, 2.24) is 4.90 Å². The van der Waals surface area contributed by atoms with E-state index in [1.54, 1.807) is 12.3 Å². The molecule has 168 valence electrons. The van der Waals surface area contributed by atoms with Gasteiger partial charge >= 0.3 is 5.97 Å². The van der Waals surface area contributed by atoms with Crippen molar-refractivity contribution in [2.45, 2.75) is 20.3 Å². The van der Waals surface area contributed by atoms with Crippen molar-refractivity contribution in [3.05, 3.63) is 46.6 Å². The molecule has 0 spiro atoms. The highest BCUT2D eigenvalue weighted by Crippen LogP contribution is 2.24. The third-order valence-corrected chi connectivity index (χ3v) is 4.83. The van der Waals surface area contributed by atoms with Gasteiger partial charge in [-0.15, -0.1) is 11.3 Å². The zero-order valence-corrected chi connectivity index (χ0v) is 17.8. The fourth-order valence-electron chi connectivity index (χ4n) is 2.69. The van der Waals surface area contributed by atoms with Crippen molar-refractivity contribution >= 4 is 39.8 Å². The maximum absolute atomic E-state index is 13.7. The number of nitrogens with one attached hydrogen (secondary N) is 2. The molecule has 0 aliphatic carbocycles. The number of benzene rings is 1. The second-order valence-corrected chi connectivity index (χ2v) is 7.33. The lowest BCUT2D eigenvalue weighted by Crippen LogP contribution is -2.39. The predicted octanol–water partition coefficient (Wildman–Crippen LogP) is 3.63. The molecule has 0 unspecified atom stereocenters. The highest BCUT2D eigenvalue weighted by Gasteiger charge is 2.20. The van der Waals surface area contributed by atoms with E-state index in [0.29, 0.717) is 24.0 Å². The Balaban J connectivity index is 1.99. The maximum Gasteiger partial charge on any atom is 0.341 e. The SMILES string of the molecule is CCCN(CC(=O)Nc1ccc(F)c(F)c1F)CC(=O)Nc1sccc1C(=O)OCC. The van der Waals surface area contributed by atoms with Gasteiger partial charge in [0.05, 0.1) is 30.9 Å². The molecule has 0 atom stereocenters. The number of carbonyl (C=O) groups is 3. The summed E-state index contributed by atoms with van der Waals surface area (Å²) in [7, 11) is 0. The average Bonchev–Trinajstić information content (AvgIpc) is 3.17. The summed E-state index contributed by atoms with van der Waals surface area (Å²) >= 11 is 1.15. The number of hydrogen-bond acceptors (Lipinski definition) is 6. The van der Waals surface area contributed by atoms with Gasteiger partial charge in [-0.1, -0.05) is 6.92 Å². The number of thiophene rings is 1. The Labute approximate surface area is 181 Å². The molecule has 7 nitrogen and oxygen atoms in total. The van der Waals surface area contributed by atoms with Crippen molar-refractivity contribution in [3.63, 3.8) is 0 Å². The van der Waals surface area contributed by atoms with Crippen molar-refractivity contribution in [2.24, 2.45) is 0 Å². The molecule has 11 heteroatoms. The third-order valence-electron chi connectivity index (χ3n) is 4.00. The van der Waals surface area contributed by atoms with Crippen LogP contribution in [0.25, 0.3) is 0 Å². The minimum atomic E-state index is -1.68.